The van der Waals surface area contributed by atoms with Crippen LogP contribution in [0.1, 0.15) is 29.7 Å². The molecule has 0 aliphatic carbocycles. The van der Waals surface area contributed by atoms with Crippen LogP contribution in [0.25, 0.3) is 16.7 Å². The van der Waals surface area contributed by atoms with Gasteiger partial charge in [0, 0.05) is 29.2 Å². The molecule has 7 heteroatoms. The molecule has 5 rings (SSSR count). The summed E-state index contributed by atoms with van der Waals surface area (Å²) in [5, 5.41) is 22.1. The second kappa shape index (κ2) is 9.62. The van der Waals surface area contributed by atoms with Gasteiger partial charge in [0.15, 0.2) is 0 Å². The van der Waals surface area contributed by atoms with Gasteiger partial charge in [-0.05, 0) is 66.9 Å². The number of aromatic nitrogens is 1. The number of carbonyl (C=O) groups excluding carboxylic acids is 2. The monoisotopic (exact) mass is 482 g/mol. The minimum Gasteiger partial charge on any atom is -0.508 e. The molecule has 0 spiro atoms. The van der Waals surface area contributed by atoms with E-state index in [0.29, 0.717) is 29.9 Å². The maximum Gasteiger partial charge on any atom is 0.295 e. The first-order valence-corrected chi connectivity index (χ1v) is 11.8. The number of ether oxygens (including phenoxy) is 1. The molecule has 0 radical (unpaired) electrons. The Balaban J connectivity index is 1.54. The van der Waals surface area contributed by atoms with Crippen molar-refractivity contribution in [2.24, 2.45) is 0 Å². The number of nitrogens with one attached hydrogen (secondary N) is 1. The minimum atomic E-state index is -0.789. The van der Waals surface area contributed by atoms with E-state index in [0.717, 1.165) is 16.5 Å². The third-order valence-corrected chi connectivity index (χ3v) is 6.48. The fourth-order valence-electron chi connectivity index (χ4n) is 4.72. The van der Waals surface area contributed by atoms with Crippen molar-refractivity contribution in [1.29, 1.82) is 0 Å². The first-order valence-electron chi connectivity index (χ1n) is 11.8. The first kappa shape index (κ1) is 23.2. The number of aromatic hydroxyl groups is 1. The molecule has 2 heterocycles. The maximum atomic E-state index is 13.2. The Morgan fingerprint density at radius 1 is 1.00 bits per heavy atom. The van der Waals surface area contributed by atoms with Crippen LogP contribution in [0, 0.1) is 0 Å². The number of aliphatic hydroxyl groups excluding tert-OH is 1. The van der Waals surface area contributed by atoms with Crippen molar-refractivity contribution in [3.05, 3.63) is 101 Å². The van der Waals surface area contributed by atoms with Gasteiger partial charge in [0.2, 0.25) is 0 Å². The molecule has 0 bridgehead atoms. The van der Waals surface area contributed by atoms with Crippen molar-refractivity contribution in [3.8, 4) is 11.5 Å². The Hall–Kier alpha value is -4.52. The molecular weight excluding hydrogens is 456 g/mol. The number of phenolic OH excluding ortho intramolecular Hbond substituents is 1. The van der Waals surface area contributed by atoms with E-state index < -0.39 is 17.7 Å². The van der Waals surface area contributed by atoms with Gasteiger partial charge < -0.3 is 24.8 Å². The van der Waals surface area contributed by atoms with Crippen molar-refractivity contribution in [2.75, 3.05) is 13.2 Å². The second-order valence-corrected chi connectivity index (χ2v) is 8.65. The third kappa shape index (κ3) is 4.20. The van der Waals surface area contributed by atoms with Gasteiger partial charge in [-0.3, -0.25) is 9.59 Å². The van der Waals surface area contributed by atoms with Crippen LogP contribution in [0.15, 0.2) is 84.6 Å². The number of hydrogen-bond donors (Lipinski definition) is 3. The molecule has 0 unspecified atom stereocenters. The largest absolute Gasteiger partial charge is 0.508 e. The van der Waals surface area contributed by atoms with Gasteiger partial charge in [-0.15, -0.1) is 0 Å². The Morgan fingerprint density at radius 2 is 1.72 bits per heavy atom. The number of carbonyl (C=O) groups is 2. The molecular formula is C29H26N2O5. The number of aliphatic hydroxyl groups is 1. The van der Waals surface area contributed by atoms with Crippen LogP contribution in [-0.2, 0) is 16.0 Å². The Morgan fingerprint density at radius 3 is 2.44 bits per heavy atom. The zero-order chi connectivity index (χ0) is 25.2. The van der Waals surface area contributed by atoms with E-state index in [1.54, 1.807) is 36.4 Å². The summed E-state index contributed by atoms with van der Waals surface area (Å²) < 4.78 is 5.47. The SMILES string of the molecule is CCOc1ccc(C(O)=C2C(=O)C(=O)N(CCc3c[nH]c4ccccc34)[C@@H]2c2ccc(O)cc2)cc1. The summed E-state index contributed by atoms with van der Waals surface area (Å²) in [6.07, 6.45) is 2.44. The van der Waals surface area contributed by atoms with Gasteiger partial charge in [0.25, 0.3) is 11.7 Å². The molecule has 0 saturated carbocycles. The number of amides is 1. The van der Waals surface area contributed by atoms with Crippen LogP contribution in [-0.4, -0.2) is 44.9 Å². The number of benzene rings is 3. The second-order valence-electron chi connectivity index (χ2n) is 8.65. The molecule has 36 heavy (non-hydrogen) atoms. The van der Waals surface area contributed by atoms with Crippen LogP contribution < -0.4 is 4.74 Å². The summed E-state index contributed by atoms with van der Waals surface area (Å²) in [5.74, 6) is -0.938. The summed E-state index contributed by atoms with van der Waals surface area (Å²) in [6, 6.07) is 20.2. The van der Waals surface area contributed by atoms with E-state index in [-0.39, 0.29) is 23.6 Å². The number of nitrogens with zero attached hydrogens (tertiary/aromatic N) is 1. The molecule has 1 aliphatic heterocycles. The number of rotatable bonds is 7. The number of Topliss-reactive ketones (excluding diaryl/α,β-unsaturated/α-hetero) is 1. The van der Waals surface area contributed by atoms with Crippen LogP contribution >= 0.6 is 0 Å². The normalized spacial score (nSPS) is 17.1. The molecule has 1 aromatic heterocycles. The Kier molecular flexibility index (Phi) is 6.21. The van der Waals surface area contributed by atoms with Crippen LogP contribution in [0.3, 0.4) is 0 Å². The molecule has 4 aromatic rings. The lowest BCUT2D eigenvalue weighted by Crippen LogP contribution is -2.31. The van der Waals surface area contributed by atoms with Gasteiger partial charge in [-0.2, -0.15) is 0 Å². The number of para-hydroxylation sites is 1. The van der Waals surface area contributed by atoms with Gasteiger partial charge in [-0.25, -0.2) is 0 Å². The fraction of sp³-hybridized carbons (Fsp3) is 0.172. The molecule has 3 N–H and O–H groups in total. The Labute approximate surface area is 208 Å². The highest BCUT2D eigenvalue weighted by atomic mass is 16.5. The molecule has 7 nitrogen and oxygen atoms in total. The van der Waals surface area contributed by atoms with Gasteiger partial charge in [0.1, 0.15) is 17.3 Å². The number of phenols is 1. The zero-order valence-corrected chi connectivity index (χ0v) is 19.8. The topological polar surface area (TPSA) is 103 Å². The quantitative estimate of drug-likeness (QED) is 0.197. The predicted molar refractivity (Wildman–Crippen MR) is 137 cm³/mol. The summed E-state index contributed by atoms with van der Waals surface area (Å²) in [6.45, 7) is 2.66. The molecule has 182 valence electrons. The van der Waals surface area contributed by atoms with Gasteiger partial charge in [-0.1, -0.05) is 30.3 Å². The molecule has 1 aliphatic rings. The molecule has 1 atom stereocenters. The highest BCUT2D eigenvalue weighted by Crippen LogP contribution is 2.40. The van der Waals surface area contributed by atoms with E-state index in [4.69, 9.17) is 4.74 Å². The van der Waals surface area contributed by atoms with Crippen molar-refractivity contribution in [3.63, 3.8) is 0 Å². The summed E-state index contributed by atoms with van der Waals surface area (Å²) in [4.78, 5) is 31.2. The van der Waals surface area contributed by atoms with Crippen molar-refractivity contribution < 1.29 is 24.5 Å². The number of H-pyrrole nitrogens is 1. The number of hydrogen-bond acceptors (Lipinski definition) is 5. The highest BCUT2D eigenvalue weighted by Gasteiger charge is 2.45. The average molecular weight is 483 g/mol. The van der Waals surface area contributed by atoms with Crippen LogP contribution in [0.4, 0.5) is 0 Å². The summed E-state index contributed by atoms with van der Waals surface area (Å²) >= 11 is 0. The number of likely N-dealkylation sites (tertiary alicyclic amines) is 1. The number of aromatic amines is 1. The number of ketones is 1. The lowest BCUT2D eigenvalue weighted by molar-refractivity contribution is -0.139. The zero-order valence-electron chi connectivity index (χ0n) is 19.8. The predicted octanol–water partition coefficient (Wildman–Crippen LogP) is 4.94. The lowest BCUT2D eigenvalue weighted by Gasteiger charge is -2.25. The number of fused-ring (bicyclic) bond motifs is 1. The third-order valence-electron chi connectivity index (χ3n) is 6.48. The molecule has 1 fully saturated rings. The molecule has 3 aromatic carbocycles. The summed E-state index contributed by atoms with van der Waals surface area (Å²) in [5.41, 5.74) is 3.09. The molecule has 1 saturated heterocycles. The van der Waals surface area contributed by atoms with Crippen LogP contribution in [0.2, 0.25) is 0 Å². The van der Waals surface area contributed by atoms with Crippen LogP contribution in [0.5, 0.6) is 11.5 Å². The van der Waals surface area contributed by atoms with E-state index in [9.17, 15) is 19.8 Å². The van der Waals surface area contributed by atoms with E-state index in [1.807, 2.05) is 37.4 Å². The highest BCUT2D eigenvalue weighted by molar-refractivity contribution is 6.46. The van der Waals surface area contributed by atoms with Crippen molar-refractivity contribution >= 4 is 28.4 Å². The smallest absolute Gasteiger partial charge is 0.295 e. The maximum absolute atomic E-state index is 13.2. The molecule has 1 amide bonds. The average Bonchev–Trinajstić information content (AvgIpc) is 3.42. The standard InChI is InChI=1S/C29H26N2O5/c1-2-36-22-13-9-19(10-14-22)27(33)25-26(18-7-11-21(32)12-8-18)31(29(35)28(25)34)16-15-20-17-30-24-6-4-3-5-23(20)24/h3-14,17,26,30,32-33H,2,15-16H2,1H3/t26-/m1/s1. The fourth-order valence-corrected chi connectivity index (χ4v) is 4.72. The van der Waals surface area contributed by atoms with E-state index in [2.05, 4.69) is 4.98 Å². The lowest BCUT2D eigenvalue weighted by atomic mass is 9.95. The van der Waals surface area contributed by atoms with Gasteiger partial charge >= 0.3 is 0 Å². The Bertz CT molecular complexity index is 1450. The summed E-state index contributed by atoms with van der Waals surface area (Å²) in [7, 11) is 0. The van der Waals surface area contributed by atoms with Crippen molar-refractivity contribution in [2.45, 2.75) is 19.4 Å². The van der Waals surface area contributed by atoms with E-state index >= 15 is 0 Å². The first-order chi connectivity index (χ1) is 17.5. The van der Waals surface area contributed by atoms with Gasteiger partial charge in [0.05, 0.1) is 18.2 Å². The van der Waals surface area contributed by atoms with E-state index in [1.165, 1.54) is 17.0 Å². The van der Waals surface area contributed by atoms with Crippen molar-refractivity contribution in [1.82, 2.24) is 9.88 Å². The minimum absolute atomic E-state index is 0.0220.